The molecule has 3 aromatic rings. The highest BCUT2D eigenvalue weighted by Gasteiger charge is 2.11. The molecule has 3 rings (SSSR count). The van der Waals surface area contributed by atoms with Crippen LogP contribution in [-0.2, 0) is 0 Å². The Hall–Kier alpha value is -1.87. The normalized spacial score (nSPS) is 10.9. The van der Waals surface area contributed by atoms with E-state index in [1.54, 1.807) is 6.20 Å². The number of halogens is 1. The molecule has 4 heteroatoms. The van der Waals surface area contributed by atoms with Gasteiger partial charge in [0.25, 0.3) is 0 Å². The van der Waals surface area contributed by atoms with Gasteiger partial charge in [0.15, 0.2) is 0 Å². The van der Waals surface area contributed by atoms with Crippen molar-refractivity contribution in [3.63, 3.8) is 0 Å². The standard InChI is InChI=1S/C13H10ClN3/c1-8-12(11-6-7-15-13(14)17-11)9-4-2-3-5-10(9)16-8/h2-7,16H,1H3. The molecule has 0 amide bonds. The summed E-state index contributed by atoms with van der Waals surface area (Å²) in [5.41, 5.74) is 4.13. The van der Waals surface area contributed by atoms with Crippen LogP contribution in [0.25, 0.3) is 22.2 Å². The Morgan fingerprint density at radius 2 is 2.00 bits per heavy atom. The van der Waals surface area contributed by atoms with Gasteiger partial charge in [-0.15, -0.1) is 0 Å². The first kappa shape index (κ1) is 10.3. The number of fused-ring (bicyclic) bond motifs is 1. The molecule has 0 aliphatic rings. The lowest BCUT2D eigenvalue weighted by Gasteiger charge is -2.00. The molecule has 0 unspecified atom stereocenters. The van der Waals surface area contributed by atoms with E-state index in [1.807, 2.05) is 25.1 Å². The van der Waals surface area contributed by atoms with Crippen LogP contribution >= 0.6 is 11.6 Å². The van der Waals surface area contributed by atoms with Crippen molar-refractivity contribution in [2.45, 2.75) is 6.92 Å². The van der Waals surface area contributed by atoms with Crippen LogP contribution in [0.4, 0.5) is 0 Å². The van der Waals surface area contributed by atoms with Gasteiger partial charge in [-0.1, -0.05) is 18.2 Å². The summed E-state index contributed by atoms with van der Waals surface area (Å²) in [6, 6.07) is 10.0. The summed E-state index contributed by atoms with van der Waals surface area (Å²) in [6.45, 7) is 2.03. The maximum Gasteiger partial charge on any atom is 0.222 e. The van der Waals surface area contributed by atoms with Crippen molar-refractivity contribution in [2.24, 2.45) is 0 Å². The van der Waals surface area contributed by atoms with Crippen LogP contribution in [0.2, 0.25) is 5.28 Å². The lowest BCUT2D eigenvalue weighted by molar-refractivity contribution is 1.17. The summed E-state index contributed by atoms with van der Waals surface area (Å²) < 4.78 is 0. The number of aryl methyl sites for hydroxylation is 1. The molecule has 0 aliphatic carbocycles. The molecule has 2 heterocycles. The molecule has 0 bridgehead atoms. The molecule has 0 spiro atoms. The maximum atomic E-state index is 5.83. The topological polar surface area (TPSA) is 41.6 Å². The minimum absolute atomic E-state index is 0.271. The predicted octanol–water partition coefficient (Wildman–Crippen LogP) is 3.59. The lowest BCUT2D eigenvalue weighted by Crippen LogP contribution is -1.87. The van der Waals surface area contributed by atoms with E-state index in [4.69, 9.17) is 11.6 Å². The van der Waals surface area contributed by atoms with Crippen molar-refractivity contribution in [3.8, 4) is 11.3 Å². The Bertz CT molecular complexity index is 688. The SMILES string of the molecule is Cc1[nH]c2ccccc2c1-c1ccnc(Cl)n1. The quantitative estimate of drug-likeness (QED) is 0.664. The molecule has 0 saturated heterocycles. The predicted molar refractivity (Wildman–Crippen MR) is 69.1 cm³/mol. The van der Waals surface area contributed by atoms with Gasteiger partial charge in [-0.3, -0.25) is 0 Å². The first-order chi connectivity index (χ1) is 8.25. The summed E-state index contributed by atoms with van der Waals surface area (Å²) in [4.78, 5) is 11.5. The molecule has 0 atom stereocenters. The van der Waals surface area contributed by atoms with Gasteiger partial charge in [-0.05, 0) is 30.7 Å². The van der Waals surface area contributed by atoms with E-state index in [0.29, 0.717) is 0 Å². The van der Waals surface area contributed by atoms with Crippen molar-refractivity contribution in [2.75, 3.05) is 0 Å². The Morgan fingerprint density at radius 1 is 1.18 bits per heavy atom. The van der Waals surface area contributed by atoms with Gasteiger partial charge in [-0.25, -0.2) is 9.97 Å². The van der Waals surface area contributed by atoms with E-state index in [2.05, 4.69) is 27.1 Å². The van der Waals surface area contributed by atoms with E-state index in [0.717, 1.165) is 27.9 Å². The van der Waals surface area contributed by atoms with Crippen LogP contribution in [-0.4, -0.2) is 15.0 Å². The number of H-pyrrole nitrogens is 1. The number of nitrogens with zero attached hydrogens (tertiary/aromatic N) is 2. The summed E-state index contributed by atoms with van der Waals surface area (Å²) in [5.74, 6) is 0. The molecule has 3 nitrogen and oxygen atoms in total. The first-order valence-corrected chi connectivity index (χ1v) is 5.70. The average Bonchev–Trinajstić information content (AvgIpc) is 2.64. The van der Waals surface area contributed by atoms with Crippen LogP contribution in [0, 0.1) is 6.92 Å². The second-order valence-corrected chi connectivity index (χ2v) is 4.22. The number of aromatic nitrogens is 3. The highest BCUT2D eigenvalue weighted by Crippen LogP contribution is 2.30. The van der Waals surface area contributed by atoms with Gasteiger partial charge in [0, 0.05) is 28.4 Å². The van der Waals surface area contributed by atoms with E-state index in [9.17, 15) is 0 Å². The third-order valence-corrected chi connectivity index (χ3v) is 2.96. The molecule has 0 saturated carbocycles. The van der Waals surface area contributed by atoms with Gasteiger partial charge in [0.2, 0.25) is 5.28 Å². The molecule has 1 N–H and O–H groups in total. The summed E-state index contributed by atoms with van der Waals surface area (Å²) in [5, 5.41) is 1.42. The maximum absolute atomic E-state index is 5.83. The van der Waals surface area contributed by atoms with Gasteiger partial charge in [0.1, 0.15) is 0 Å². The molecule has 0 fully saturated rings. The minimum Gasteiger partial charge on any atom is -0.358 e. The van der Waals surface area contributed by atoms with E-state index >= 15 is 0 Å². The van der Waals surface area contributed by atoms with Crippen LogP contribution < -0.4 is 0 Å². The van der Waals surface area contributed by atoms with Crippen LogP contribution in [0.5, 0.6) is 0 Å². The van der Waals surface area contributed by atoms with Gasteiger partial charge in [0.05, 0.1) is 5.69 Å². The van der Waals surface area contributed by atoms with Crippen LogP contribution in [0.15, 0.2) is 36.5 Å². The molecule has 84 valence electrons. The molecule has 0 aliphatic heterocycles. The third kappa shape index (κ3) is 1.68. The first-order valence-electron chi connectivity index (χ1n) is 5.32. The number of aromatic amines is 1. The fourth-order valence-corrected chi connectivity index (χ4v) is 2.23. The monoisotopic (exact) mass is 243 g/mol. The Morgan fingerprint density at radius 3 is 2.82 bits per heavy atom. The Balaban J connectivity index is 2.33. The van der Waals surface area contributed by atoms with E-state index < -0.39 is 0 Å². The number of hydrogen-bond acceptors (Lipinski definition) is 2. The molecule has 0 radical (unpaired) electrons. The van der Waals surface area contributed by atoms with Crippen LogP contribution in [0.3, 0.4) is 0 Å². The number of benzene rings is 1. The molecule has 2 aromatic heterocycles. The summed E-state index contributed by atoms with van der Waals surface area (Å²) >= 11 is 5.83. The lowest BCUT2D eigenvalue weighted by atomic mass is 10.1. The second kappa shape index (κ2) is 3.86. The van der Waals surface area contributed by atoms with Crippen molar-refractivity contribution < 1.29 is 0 Å². The largest absolute Gasteiger partial charge is 0.358 e. The zero-order valence-electron chi connectivity index (χ0n) is 9.24. The fraction of sp³-hybridized carbons (Fsp3) is 0.0769. The highest BCUT2D eigenvalue weighted by molar-refractivity contribution is 6.28. The van der Waals surface area contributed by atoms with Crippen molar-refractivity contribution in [1.82, 2.24) is 15.0 Å². The summed E-state index contributed by atoms with van der Waals surface area (Å²) in [7, 11) is 0. The number of rotatable bonds is 1. The Kier molecular flexibility index (Phi) is 2.34. The van der Waals surface area contributed by atoms with E-state index in [-0.39, 0.29) is 5.28 Å². The van der Waals surface area contributed by atoms with Crippen LogP contribution in [0.1, 0.15) is 5.69 Å². The van der Waals surface area contributed by atoms with Gasteiger partial charge >= 0.3 is 0 Å². The molecular formula is C13H10ClN3. The van der Waals surface area contributed by atoms with Crippen molar-refractivity contribution in [1.29, 1.82) is 0 Å². The Labute approximate surface area is 103 Å². The van der Waals surface area contributed by atoms with E-state index in [1.165, 1.54) is 0 Å². The molecule has 1 aromatic carbocycles. The van der Waals surface area contributed by atoms with Gasteiger partial charge in [-0.2, -0.15) is 0 Å². The number of para-hydroxylation sites is 1. The summed E-state index contributed by atoms with van der Waals surface area (Å²) in [6.07, 6.45) is 1.67. The number of hydrogen-bond donors (Lipinski definition) is 1. The molecular weight excluding hydrogens is 234 g/mol. The fourth-order valence-electron chi connectivity index (χ4n) is 2.08. The third-order valence-electron chi connectivity index (χ3n) is 2.78. The van der Waals surface area contributed by atoms with Crippen molar-refractivity contribution in [3.05, 3.63) is 47.5 Å². The zero-order valence-corrected chi connectivity index (χ0v) is 9.99. The van der Waals surface area contributed by atoms with Crippen molar-refractivity contribution >= 4 is 22.5 Å². The zero-order chi connectivity index (χ0) is 11.8. The highest BCUT2D eigenvalue weighted by atomic mass is 35.5. The second-order valence-electron chi connectivity index (χ2n) is 3.88. The smallest absolute Gasteiger partial charge is 0.222 e. The molecule has 17 heavy (non-hydrogen) atoms. The minimum atomic E-state index is 0.271. The van der Waals surface area contributed by atoms with Gasteiger partial charge < -0.3 is 4.98 Å². The number of nitrogens with one attached hydrogen (secondary N) is 1. The average molecular weight is 244 g/mol.